The van der Waals surface area contributed by atoms with E-state index in [2.05, 4.69) is 10.6 Å². The molecule has 1 aromatic rings. The number of hydrogen-bond donors (Lipinski definition) is 2. The Kier molecular flexibility index (Phi) is 5.95. The number of ether oxygens (including phenoxy) is 1. The molecule has 1 unspecified atom stereocenters. The first-order valence-corrected chi connectivity index (χ1v) is 5.97. The van der Waals surface area contributed by atoms with Gasteiger partial charge in [0.15, 0.2) is 0 Å². The lowest BCUT2D eigenvalue weighted by molar-refractivity contribution is -0.121. The molecule has 0 saturated heterocycles. The Morgan fingerprint density at radius 1 is 1.44 bits per heavy atom. The molecule has 4 nitrogen and oxygen atoms in total. The maximum absolute atomic E-state index is 11.7. The molecule has 2 rings (SSSR count). The Balaban J connectivity index is 0.00000162. The molecule has 0 saturated carbocycles. The van der Waals surface area contributed by atoms with Crippen LogP contribution in [0.4, 0.5) is 0 Å². The van der Waals surface area contributed by atoms with Gasteiger partial charge in [0.05, 0.1) is 12.6 Å². The number of amides is 1. The molecule has 5 heteroatoms. The lowest BCUT2D eigenvalue weighted by atomic mass is 10.0. The van der Waals surface area contributed by atoms with Gasteiger partial charge in [0.2, 0.25) is 5.91 Å². The van der Waals surface area contributed by atoms with Crippen molar-refractivity contribution in [1.82, 2.24) is 10.6 Å². The van der Waals surface area contributed by atoms with Crippen LogP contribution in [0.25, 0.3) is 0 Å². The molecule has 0 aliphatic carbocycles. The summed E-state index contributed by atoms with van der Waals surface area (Å²) in [6.45, 7) is 1.37. The lowest BCUT2D eigenvalue weighted by Crippen LogP contribution is -2.33. The number of hydrogen-bond acceptors (Lipinski definition) is 3. The third-order valence-corrected chi connectivity index (χ3v) is 2.90. The monoisotopic (exact) mass is 270 g/mol. The van der Waals surface area contributed by atoms with Gasteiger partial charge < -0.3 is 15.4 Å². The average Bonchev–Trinajstić information content (AvgIpc) is 2.37. The number of fused-ring (bicyclic) bond motifs is 1. The van der Waals surface area contributed by atoms with Crippen molar-refractivity contribution in [3.8, 4) is 5.75 Å². The number of benzene rings is 1. The molecule has 100 valence electrons. The van der Waals surface area contributed by atoms with Crippen LogP contribution >= 0.6 is 12.4 Å². The highest BCUT2D eigenvalue weighted by molar-refractivity contribution is 5.85. The minimum Gasteiger partial charge on any atom is -0.493 e. The smallest absolute Gasteiger partial charge is 0.221 e. The zero-order valence-corrected chi connectivity index (χ0v) is 11.3. The highest BCUT2D eigenvalue weighted by atomic mass is 35.5. The molecule has 2 N–H and O–H groups in total. The number of rotatable bonds is 4. The molecular formula is C13H19ClN2O2. The highest BCUT2D eigenvalue weighted by Gasteiger charge is 2.22. The first-order valence-electron chi connectivity index (χ1n) is 5.97. The van der Waals surface area contributed by atoms with E-state index in [1.165, 1.54) is 0 Å². The van der Waals surface area contributed by atoms with E-state index in [0.717, 1.165) is 17.7 Å². The third kappa shape index (κ3) is 3.62. The number of para-hydroxylation sites is 1. The van der Waals surface area contributed by atoms with E-state index in [-0.39, 0.29) is 24.4 Å². The van der Waals surface area contributed by atoms with Crippen LogP contribution in [0.5, 0.6) is 5.75 Å². The summed E-state index contributed by atoms with van der Waals surface area (Å²) in [5.41, 5.74) is 1.08. The van der Waals surface area contributed by atoms with Crippen LogP contribution in [0.2, 0.25) is 0 Å². The first kappa shape index (κ1) is 14.8. The predicted molar refractivity (Wildman–Crippen MR) is 73.2 cm³/mol. The van der Waals surface area contributed by atoms with Gasteiger partial charge in [-0.25, -0.2) is 0 Å². The van der Waals surface area contributed by atoms with Gasteiger partial charge >= 0.3 is 0 Å². The number of halogens is 1. The second kappa shape index (κ2) is 7.24. The maximum Gasteiger partial charge on any atom is 0.221 e. The molecule has 0 bridgehead atoms. The van der Waals surface area contributed by atoms with Crippen LogP contribution in [-0.2, 0) is 4.79 Å². The largest absolute Gasteiger partial charge is 0.493 e. The Bertz CT molecular complexity index is 398. The van der Waals surface area contributed by atoms with Gasteiger partial charge in [0.1, 0.15) is 5.75 Å². The summed E-state index contributed by atoms with van der Waals surface area (Å²) < 4.78 is 5.55. The molecule has 1 aliphatic rings. The Hall–Kier alpha value is -1.26. The van der Waals surface area contributed by atoms with Crippen molar-refractivity contribution in [2.75, 3.05) is 20.2 Å². The van der Waals surface area contributed by atoms with Crippen LogP contribution in [0.15, 0.2) is 24.3 Å². The first-order chi connectivity index (χ1) is 8.31. The van der Waals surface area contributed by atoms with Crippen molar-refractivity contribution in [2.45, 2.75) is 18.9 Å². The fourth-order valence-corrected chi connectivity index (χ4v) is 2.00. The molecular weight excluding hydrogens is 252 g/mol. The van der Waals surface area contributed by atoms with E-state index < -0.39 is 0 Å². The lowest BCUT2D eigenvalue weighted by Gasteiger charge is -2.26. The Morgan fingerprint density at radius 2 is 2.22 bits per heavy atom. The zero-order chi connectivity index (χ0) is 12.1. The van der Waals surface area contributed by atoms with Crippen molar-refractivity contribution in [1.29, 1.82) is 0 Å². The van der Waals surface area contributed by atoms with E-state index in [4.69, 9.17) is 4.74 Å². The molecule has 1 aliphatic heterocycles. The number of nitrogens with one attached hydrogen (secondary N) is 2. The quantitative estimate of drug-likeness (QED) is 0.875. The standard InChI is InChI=1S/C13H18N2O2.ClH/c1-14-8-6-13(16)15-11-7-9-17-12-5-3-2-4-10(11)12;/h2-5,11,14H,6-9H2,1H3,(H,15,16);1H. The van der Waals surface area contributed by atoms with Gasteiger partial charge in [0.25, 0.3) is 0 Å². The van der Waals surface area contributed by atoms with Crippen molar-refractivity contribution in [3.05, 3.63) is 29.8 Å². The molecule has 1 amide bonds. The minimum absolute atomic E-state index is 0. The molecule has 18 heavy (non-hydrogen) atoms. The highest BCUT2D eigenvalue weighted by Crippen LogP contribution is 2.31. The average molecular weight is 271 g/mol. The third-order valence-electron chi connectivity index (χ3n) is 2.90. The van der Waals surface area contributed by atoms with E-state index in [1.807, 2.05) is 31.3 Å². The summed E-state index contributed by atoms with van der Waals surface area (Å²) in [7, 11) is 1.84. The summed E-state index contributed by atoms with van der Waals surface area (Å²) in [4.78, 5) is 11.7. The fraction of sp³-hybridized carbons (Fsp3) is 0.462. The van der Waals surface area contributed by atoms with Gasteiger partial charge in [0, 0.05) is 24.9 Å². The summed E-state index contributed by atoms with van der Waals surface area (Å²) in [6, 6.07) is 7.97. The van der Waals surface area contributed by atoms with Crippen LogP contribution in [-0.4, -0.2) is 26.1 Å². The van der Waals surface area contributed by atoms with Crippen LogP contribution < -0.4 is 15.4 Å². The summed E-state index contributed by atoms with van der Waals surface area (Å²) in [6.07, 6.45) is 1.35. The van der Waals surface area contributed by atoms with Gasteiger partial charge in [-0.05, 0) is 13.1 Å². The van der Waals surface area contributed by atoms with Gasteiger partial charge in [-0.1, -0.05) is 18.2 Å². The predicted octanol–water partition coefficient (Wildman–Crippen LogP) is 1.66. The number of carbonyl (C=O) groups is 1. The van der Waals surface area contributed by atoms with Crippen molar-refractivity contribution in [2.24, 2.45) is 0 Å². The second-order valence-electron chi connectivity index (χ2n) is 4.15. The summed E-state index contributed by atoms with van der Waals surface area (Å²) in [5.74, 6) is 0.971. The van der Waals surface area contributed by atoms with Crippen LogP contribution in [0, 0.1) is 0 Å². The zero-order valence-electron chi connectivity index (χ0n) is 10.4. The fourth-order valence-electron chi connectivity index (χ4n) is 2.00. The molecule has 0 aromatic heterocycles. The van der Waals surface area contributed by atoms with Gasteiger partial charge in [-0.15, -0.1) is 12.4 Å². The van der Waals surface area contributed by atoms with E-state index >= 15 is 0 Å². The topological polar surface area (TPSA) is 50.4 Å². The Labute approximate surface area is 114 Å². The minimum atomic E-state index is 0. The Morgan fingerprint density at radius 3 is 3.00 bits per heavy atom. The molecule has 1 atom stereocenters. The van der Waals surface area contributed by atoms with Crippen molar-refractivity contribution < 1.29 is 9.53 Å². The normalized spacial score (nSPS) is 17.1. The van der Waals surface area contributed by atoms with E-state index in [1.54, 1.807) is 0 Å². The summed E-state index contributed by atoms with van der Waals surface area (Å²) >= 11 is 0. The summed E-state index contributed by atoms with van der Waals surface area (Å²) in [5, 5.41) is 6.02. The molecule has 0 fully saturated rings. The van der Waals surface area contributed by atoms with Gasteiger partial charge in [-0.2, -0.15) is 0 Å². The van der Waals surface area contributed by atoms with E-state index in [9.17, 15) is 4.79 Å². The second-order valence-corrected chi connectivity index (χ2v) is 4.15. The molecule has 0 spiro atoms. The molecule has 1 aromatic carbocycles. The van der Waals surface area contributed by atoms with Crippen molar-refractivity contribution >= 4 is 18.3 Å². The van der Waals surface area contributed by atoms with Crippen LogP contribution in [0.1, 0.15) is 24.4 Å². The van der Waals surface area contributed by atoms with Crippen LogP contribution in [0.3, 0.4) is 0 Å². The maximum atomic E-state index is 11.7. The van der Waals surface area contributed by atoms with Gasteiger partial charge in [-0.3, -0.25) is 4.79 Å². The molecule has 1 heterocycles. The van der Waals surface area contributed by atoms with E-state index in [0.29, 0.717) is 19.6 Å². The number of carbonyl (C=O) groups excluding carboxylic acids is 1. The van der Waals surface area contributed by atoms with Crippen molar-refractivity contribution in [3.63, 3.8) is 0 Å². The SMILES string of the molecule is CNCCC(=O)NC1CCOc2ccccc21.Cl. The molecule has 0 radical (unpaired) electrons.